The molecule has 1 aromatic rings. The third-order valence-electron chi connectivity index (χ3n) is 1.52. The lowest BCUT2D eigenvalue weighted by Gasteiger charge is -2.07. The minimum Gasteiger partial charge on any atom is -0.352 e. The van der Waals surface area contributed by atoms with Crippen molar-refractivity contribution in [2.24, 2.45) is 0 Å². The molecule has 0 aliphatic carbocycles. The van der Waals surface area contributed by atoms with Crippen molar-refractivity contribution in [3.63, 3.8) is 0 Å². The lowest BCUT2D eigenvalue weighted by molar-refractivity contribution is -0.122. The summed E-state index contributed by atoms with van der Waals surface area (Å²) in [6.07, 6.45) is 0. The molecule has 0 spiro atoms. The third kappa shape index (κ3) is 2.56. The smallest absolute Gasteiger partial charge is 0.342 e. The lowest BCUT2D eigenvalue weighted by Crippen LogP contribution is -2.35. The molecule has 3 N–H and O–H groups in total. The van der Waals surface area contributed by atoms with Crippen LogP contribution in [0.1, 0.15) is 13.8 Å². The molecular weight excluding hydrogens is 204 g/mol. The molecule has 1 aromatic heterocycles. The van der Waals surface area contributed by atoms with Gasteiger partial charge in [0.2, 0.25) is 5.91 Å². The van der Waals surface area contributed by atoms with Gasteiger partial charge >= 0.3 is 5.69 Å². The lowest BCUT2D eigenvalue weighted by atomic mass is 10.4. The monoisotopic (exact) mass is 216 g/mol. The Morgan fingerprint density at radius 2 is 2.21 bits per heavy atom. The second-order valence-corrected chi connectivity index (χ2v) is 3.56. The van der Waals surface area contributed by atoms with Crippen LogP contribution in [0.25, 0.3) is 0 Å². The highest BCUT2D eigenvalue weighted by Gasteiger charge is 2.07. The number of aromatic nitrogens is 3. The number of nitrogens with zero attached hydrogens (tertiary/aromatic N) is 1. The van der Waals surface area contributed by atoms with Crippen LogP contribution < -0.4 is 11.0 Å². The maximum absolute atomic E-state index is 11.3. The van der Waals surface area contributed by atoms with E-state index < -0.39 is 5.69 Å². The predicted octanol–water partition coefficient (Wildman–Crippen LogP) is -0.241. The number of rotatable bonds is 3. The van der Waals surface area contributed by atoms with Crippen LogP contribution in [-0.2, 0) is 11.3 Å². The number of H-pyrrole nitrogens is 2. The fourth-order valence-electron chi connectivity index (χ4n) is 0.989. The Bertz CT molecular complexity index is 400. The Labute approximate surface area is 85.3 Å². The molecule has 0 atom stereocenters. The largest absolute Gasteiger partial charge is 0.352 e. The summed E-state index contributed by atoms with van der Waals surface area (Å²) in [6.45, 7) is 3.63. The van der Waals surface area contributed by atoms with E-state index in [-0.39, 0.29) is 23.3 Å². The van der Waals surface area contributed by atoms with Gasteiger partial charge in [-0.15, -0.1) is 0 Å². The van der Waals surface area contributed by atoms with Crippen molar-refractivity contribution < 1.29 is 4.79 Å². The van der Waals surface area contributed by atoms with Gasteiger partial charge < -0.3 is 5.32 Å². The summed E-state index contributed by atoms with van der Waals surface area (Å²) >= 11 is 4.80. The number of amides is 1. The molecule has 6 nitrogen and oxygen atoms in total. The summed E-state index contributed by atoms with van der Waals surface area (Å²) in [5.41, 5.74) is -0.408. The molecule has 7 heteroatoms. The fraction of sp³-hybridized carbons (Fsp3) is 0.571. The molecule has 78 valence electrons. The van der Waals surface area contributed by atoms with E-state index in [1.165, 1.54) is 0 Å². The zero-order chi connectivity index (χ0) is 10.7. The Balaban J connectivity index is 2.75. The Morgan fingerprint density at radius 1 is 1.57 bits per heavy atom. The van der Waals surface area contributed by atoms with Gasteiger partial charge in [-0.25, -0.2) is 9.89 Å². The molecular formula is C7H12N4O2S. The first-order valence-electron chi connectivity index (χ1n) is 4.17. The standard InChI is InChI=1S/C7H12N4O2S/c1-4(2)8-5(12)3-11-6(13)9-10-7(11)14/h4H,3H2,1-2H3,(H,8,12)(H,9,13)(H,10,14). The van der Waals surface area contributed by atoms with E-state index in [9.17, 15) is 9.59 Å². The van der Waals surface area contributed by atoms with Gasteiger partial charge in [0, 0.05) is 6.04 Å². The highest BCUT2D eigenvalue weighted by molar-refractivity contribution is 7.71. The molecule has 1 rings (SSSR count). The van der Waals surface area contributed by atoms with Gasteiger partial charge in [0.25, 0.3) is 0 Å². The van der Waals surface area contributed by atoms with Crippen molar-refractivity contribution in [3.05, 3.63) is 15.3 Å². The summed E-state index contributed by atoms with van der Waals surface area (Å²) in [4.78, 5) is 22.4. The number of aromatic amines is 2. The third-order valence-corrected chi connectivity index (χ3v) is 1.84. The number of carbonyl (C=O) groups excluding carboxylic acids is 1. The van der Waals surface area contributed by atoms with Crippen molar-refractivity contribution in [2.75, 3.05) is 0 Å². The van der Waals surface area contributed by atoms with Crippen LogP contribution in [0.4, 0.5) is 0 Å². The minimum absolute atomic E-state index is 0.0506. The molecule has 1 amide bonds. The molecule has 1 heterocycles. The predicted molar refractivity (Wildman–Crippen MR) is 53.5 cm³/mol. The molecule has 14 heavy (non-hydrogen) atoms. The van der Waals surface area contributed by atoms with Crippen LogP contribution in [0.5, 0.6) is 0 Å². The second-order valence-electron chi connectivity index (χ2n) is 3.17. The first kappa shape index (κ1) is 10.7. The SMILES string of the molecule is CC(C)NC(=O)Cn1c(=O)[nH][nH]c1=S. The van der Waals surface area contributed by atoms with Crippen molar-refractivity contribution in [2.45, 2.75) is 26.4 Å². The average molecular weight is 216 g/mol. The van der Waals surface area contributed by atoms with Gasteiger partial charge in [-0.3, -0.25) is 14.5 Å². The highest BCUT2D eigenvalue weighted by Crippen LogP contribution is 1.84. The van der Waals surface area contributed by atoms with E-state index >= 15 is 0 Å². The van der Waals surface area contributed by atoms with Crippen LogP contribution in [-0.4, -0.2) is 26.7 Å². The number of carbonyl (C=O) groups is 1. The van der Waals surface area contributed by atoms with Crippen LogP contribution in [0.3, 0.4) is 0 Å². The van der Waals surface area contributed by atoms with E-state index in [1.54, 1.807) is 0 Å². The van der Waals surface area contributed by atoms with Crippen LogP contribution >= 0.6 is 12.2 Å². The van der Waals surface area contributed by atoms with Crippen LogP contribution in [0, 0.1) is 4.77 Å². The van der Waals surface area contributed by atoms with E-state index in [0.717, 1.165) is 4.57 Å². The van der Waals surface area contributed by atoms with Gasteiger partial charge in [-0.05, 0) is 26.1 Å². The molecule has 0 aliphatic rings. The average Bonchev–Trinajstić information content (AvgIpc) is 2.34. The topological polar surface area (TPSA) is 82.7 Å². The summed E-state index contributed by atoms with van der Waals surface area (Å²) in [5.74, 6) is -0.235. The normalized spacial score (nSPS) is 10.5. The van der Waals surface area contributed by atoms with Crippen molar-refractivity contribution in [1.29, 1.82) is 0 Å². The molecule has 0 bridgehead atoms. The summed E-state index contributed by atoms with van der Waals surface area (Å²) in [7, 11) is 0. The summed E-state index contributed by atoms with van der Waals surface area (Å²) in [6, 6.07) is 0.0506. The van der Waals surface area contributed by atoms with Crippen LogP contribution in [0.2, 0.25) is 0 Å². The maximum atomic E-state index is 11.3. The summed E-state index contributed by atoms with van der Waals surface area (Å²) in [5, 5.41) is 7.41. The number of hydrogen-bond acceptors (Lipinski definition) is 3. The fourth-order valence-corrected chi connectivity index (χ4v) is 1.19. The Kier molecular flexibility index (Phi) is 3.23. The zero-order valence-corrected chi connectivity index (χ0v) is 8.77. The second kappa shape index (κ2) is 4.23. The molecule has 0 saturated carbocycles. The Morgan fingerprint density at radius 3 is 2.64 bits per heavy atom. The van der Waals surface area contributed by atoms with E-state index in [2.05, 4.69) is 15.5 Å². The van der Waals surface area contributed by atoms with Gasteiger partial charge in [-0.1, -0.05) is 0 Å². The van der Waals surface area contributed by atoms with Gasteiger partial charge in [0.1, 0.15) is 6.54 Å². The van der Waals surface area contributed by atoms with Crippen molar-refractivity contribution in [1.82, 2.24) is 20.1 Å². The highest BCUT2D eigenvalue weighted by atomic mass is 32.1. The molecule has 0 fully saturated rings. The number of nitrogens with one attached hydrogen (secondary N) is 3. The van der Waals surface area contributed by atoms with E-state index in [1.807, 2.05) is 13.8 Å². The first-order chi connectivity index (χ1) is 6.50. The number of hydrogen-bond donors (Lipinski definition) is 3. The quantitative estimate of drug-likeness (QED) is 0.610. The van der Waals surface area contributed by atoms with Crippen LogP contribution in [0.15, 0.2) is 4.79 Å². The molecule has 0 saturated heterocycles. The summed E-state index contributed by atoms with van der Waals surface area (Å²) < 4.78 is 1.38. The molecule has 0 unspecified atom stereocenters. The van der Waals surface area contributed by atoms with Crippen molar-refractivity contribution in [3.8, 4) is 0 Å². The molecule has 0 aromatic carbocycles. The zero-order valence-electron chi connectivity index (χ0n) is 7.96. The Hall–Kier alpha value is -1.37. The molecule has 0 aliphatic heterocycles. The van der Waals surface area contributed by atoms with E-state index in [0.29, 0.717) is 0 Å². The maximum Gasteiger partial charge on any atom is 0.342 e. The van der Waals surface area contributed by atoms with Gasteiger partial charge in [0.15, 0.2) is 4.77 Å². The van der Waals surface area contributed by atoms with E-state index in [4.69, 9.17) is 12.2 Å². The van der Waals surface area contributed by atoms with Gasteiger partial charge in [-0.2, -0.15) is 0 Å². The first-order valence-corrected chi connectivity index (χ1v) is 4.58. The minimum atomic E-state index is -0.408. The molecule has 0 radical (unpaired) electrons. The van der Waals surface area contributed by atoms with Crippen molar-refractivity contribution >= 4 is 18.1 Å². The van der Waals surface area contributed by atoms with Gasteiger partial charge in [0.05, 0.1) is 0 Å².